The van der Waals surface area contributed by atoms with E-state index in [4.69, 9.17) is 5.73 Å². The van der Waals surface area contributed by atoms with Gasteiger partial charge in [-0.2, -0.15) is 0 Å². The van der Waals surface area contributed by atoms with Crippen LogP contribution in [-0.4, -0.2) is 23.6 Å². The van der Waals surface area contributed by atoms with Crippen molar-refractivity contribution >= 4 is 11.6 Å². The van der Waals surface area contributed by atoms with Crippen molar-refractivity contribution in [3.8, 4) is 0 Å². The smallest absolute Gasteiger partial charge is 0.236 e. The Kier molecular flexibility index (Phi) is 4.83. The molecule has 1 saturated carbocycles. The summed E-state index contributed by atoms with van der Waals surface area (Å²) in [4.78, 5) is 13.4. The van der Waals surface area contributed by atoms with Gasteiger partial charge in [-0.3, -0.25) is 4.79 Å². The van der Waals surface area contributed by atoms with Gasteiger partial charge in [-0.1, -0.05) is 12.8 Å². The van der Waals surface area contributed by atoms with E-state index in [1.807, 2.05) is 4.90 Å². The number of hydrogen-bond donors (Lipinski definition) is 2. The first kappa shape index (κ1) is 15.8. The van der Waals surface area contributed by atoms with E-state index in [2.05, 4.69) is 0 Å². The number of benzene rings is 1. The maximum absolute atomic E-state index is 13.8. The van der Waals surface area contributed by atoms with Gasteiger partial charge in [-0.05, 0) is 44.4 Å². The van der Waals surface area contributed by atoms with Crippen molar-refractivity contribution in [2.45, 2.75) is 51.7 Å². The van der Waals surface area contributed by atoms with Gasteiger partial charge in [-0.15, -0.1) is 0 Å². The fourth-order valence-corrected chi connectivity index (χ4v) is 3.06. The number of aliphatic hydroxyl groups is 1. The van der Waals surface area contributed by atoms with Gasteiger partial charge in [0, 0.05) is 17.3 Å². The van der Waals surface area contributed by atoms with Crippen molar-refractivity contribution in [2.24, 2.45) is 5.73 Å². The molecule has 3 N–H and O–H groups in total. The standard InChI is InChI=1S/C16H23FN2O2/c1-10-7-15(13(11(2)20)8-14(10)17)19(9-16(18)21)12-5-3-4-6-12/h7-8,11-12,20H,3-6,9H2,1-2H3,(H2,18,21). The lowest BCUT2D eigenvalue weighted by molar-refractivity contribution is -0.116. The summed E-state index contributed by atoms with van der Waals surface area (Å²) in [5, 5.41) is 9.94. The Labute approximate surface area is 124 Å². The lowest BCUT2D eigenvalue weighted by Gasteiger charge is -2.32. The zero-order chi connectivity index (χ0) is 15.6. The topological polar surface area (TPSA) is 66.6 Å². The quantitative estimate of drug-likeness (QED) is 0.876. The monoisotopic (exact) mass is 294 g/mol. The predicted octanol–water partition coefficient (Wildman–Crippen LogP) is 2.42. The molecule has 116 valence electrons. The van der Waals surface area contributed by atoms with Crippen LogP contribution in [0.2, 0.25) is 0 Å². The highest BCUT2D eigenvalue weighted by atomic mass is 19.1. The van der Waals surface area contributed by atoms with E-state index in [1.54, 1.807) is 19.9 Å². The number of aliphatic hydroxyl groups excluding tert-OH is 1. The third kappa shape index (κ3) is 3.53. The van der Waals surface area contributed by atoms with Crippen LogP contribution in [0.1, 0.15) is 49.8 Å². The molecular weight excluding hydrogens is 271 g/mol. The highest BCUT2D eigenvalue weighted by Crippen LogP contribution is 2.34. The number of aryl methyl sites for hydroxylation is 1. The van der Waals surface area contributed by atoms with Crippen LogP contribution in [0, 0.1) is 12.7 Å². The Morgan fingerprint density at radius 1 is 1.48 bits per heavy atom. The van der Waals surface area contributed by atoms with Crippen molar-refractivity contribution < 1.29 is 14.3 Å². The Balaban J connectivity index is 2.46. The van der Waals surface area contributed by atoms with Gasteiger partial charge in [0.25, 0.3) is 0 Å². The summed E-state index contributed by atoms with van der Waals surface area (Å²) in [5.41, 5.74) is 7.10. The van der Waals surface area contributed by atoms with Crippen molar-refractivity contribution in [1.82, 2.24) is 0 Å². The van der Waals surface area contributed by atoms with Gasteiger partial charge >= 0.3 is 0 Å². The Bertz CT molecular complexity index is 525. The fraction of sp³-hybridized carbons (Fsp3) is 0.562. The van der Waals surface area contributed by atoms with Crippen molar-refractivity contribution in [1.29, 1.82) is 0 Å². The van der Waals surface area contributed by atoms with Gasteiger partial charge in [-0.25, -0.2) is 4.39 Å². The molecule has 0 bridgehead atoms. The zero-order valence-corrected chi connectivity index (χ0v) is 12.6. The van der Waals surface area contributed by atoms with Crippen molar-refractivity contribution in [3.63, 3.8) is 0 Å². The average molecular weight is 294 g/mol. The first-order chi connectivity index (χ1) is 9.90. The Hall–Kier alpha value is -1.62. The van der Waals surface area contributed by atoms with Gasteiger partial charge in [0.1, 0.15) is 5.82 Å². The summed E-state index contributed by atoms with van der Waals surface area (Å²) in [6.07, 6.45) is 3.41. The molecule has 0 aliphatic heterocycles. The van der Waals surface area contributed by atoms with Crippen molar-refractivity contribution in [3.05, 3.63) is 29.1 Å². The molecule has 0 radical (unpaired) electrons. The molecule has 1 fully saturated rings. The SMILES string of the molecule is Cc1cc(N(CC(N)=O)C2CCCC2)c(C(C)O)cc1F. The molecule has 5 heteroatoms. The molecule has 1 unspecified atom stereocenters. The molecule has 1 aliphatic rings. The number of rotatable bonds is 5. The van der Waals surface area contributed by atoms with E-state index >= 15 is 0 Å². The van der Waals surface area contributed by atoms with Crippen LogP contribution in [0.4, 0.5) is 10.1 Å². The van der Waals surface area contributed by atoms with Crippen LogP contribution >= 0.6 is 0 Å². The molecule has 4 nitrogen and oxygen atoms in total. The summed E-state index contributed by atoms with van der Waals surface area (Å²) in [6, 6.07) is 3.29. The molecule has 0 saturated heterocycles. The molecule has 0 aromatic heterocycles. The minimum Gasteiger partial charge on any atom is -0.389 e. The number of hydrogen-bond acceptors (Lipinski definition) is 3. The number of anilines is 1. The second kappa shape index (κ2) is 6.43. The second-order valence-electron chi connectivity index (χ2n) is 5.87. The fourth-order valence-electron chi connectivity index (χ4n) is 3.06. The highest BCUT2D eigenvalue weighted by molar-refractivity contribution is 5.80. The van der Waals surface area contributed by atoms with Crippen LogP contribution in [0.5, 0.6) is 0 Å². The Morgan fingerprint density at radius 2 is 2.10 bits per heavy atom. The number of carbonyl (C=O) groups is 1. The number of amides is 1. The normalized spacial score (nSPS) is 17.0. The van der Waals surface area contributed by atoms with Crippen LogP contribution < -0.4 is 10.6 Å². The minimum atomic E-state index is -0.799. The van der Waals surface area contributed by atoms with E-state index in [-0.39, 0.29) is 18.4 Å². The number of primary amides is 1. The van der Waals surface area contributed by atoms with E-state index in [0.29, 0.717) is 11.1 Å². The summed E-state index contributed by atoms with van der Waals surface area (Å²) in [5.74, 6) is -0.763. The van der Waals surface area contributed by atoms with Crippen LogP contribution in [0.3, 0.4) is 0 Å². The maximum atomic E-state index is 13.8. The third-order valence-corrected chi connectivity index (χ3v) is 4.16. The molecule has 1 aromatic carbocycles. The van der Waals surface area contributed by atoms with Gasteiger partial charge in [0.2, 0.25) is 5.91 Å². The number of carbonyl (C=O) groups excluding carboxylic acids is 1. The molecule has 1 aromatic rings. The molecule has 0 spiro atoms. The summed E-state index contributed by atoms with van der Waals surface area (Å²) < 4.78 is 13.8. The zero-order valence-electron chi connectivity index (χ0n) is 12.6. The van der Waals surface area contributed by atoms with E-state index in [1.165, 1.54) is 6.07 Å². The lowest BCUT2D eigenvalue weighted by atomic mass is 10.0. The third-order valence-electron chi connectivity index (χ3n) is 4.16. The van der Waals surface area contributed by atoms with E-state index in [0.717, 1.165) is 31.4 Å². The van der Waals surface area contributed by atoms with E-state index < -0.39 is 12.0 Å². The number of nitrogens with zero attached hydrogens (tertiary/aromatic N) is 1. The molecule has 2 rings (SSSR count). The molecule has 0 heterocycles. The molecule has 1 atom stereocenters. The first-order valence-corrected chi connectivity index (χ1v) is 7.43. The highest BCUT2D eigenvalue weighted by Gasteiger charge is 2.27. The van der Waals surface area contributed by atoms with Gasteiger partial charge in [0.15, 0.2) is 0 Å². The largest absolute Gasteiger partial charge is 0.389 e. The van der Waals surface area contributed by atoms with Gasteiger partial charge < -0.3 is 15.7 Å². The summed E-state index contributed by atoms with van der Waals surface area (Å²) in [7, 11) is 0. The van der Waals surface area contributed by atoms with E-state index in [9.17, 15) is 14.3 Å². The molecular formula is C16H23FN2O2. The predicted molar refractivity (Wildman–Crippen MR) is 80.6 cm³/mol. The summed E-state index contributed by atoms with van der Waals surface area (Å²) in [6.45, 7) is 3.38. The van der Waals surface area contributed by atoms with Gasteiger partial charge in [0.05, 0.1) is 12.6 Å². The molecule has 21 heavy (non-hydrogen) atoms. The molecule has 1 amide bonds. The second-order valence-corrected chi connectivity index (χ2v) is 5.87. The Morgan fingerprint density at radius 3 is 2.62 bits per heavy atom. The average Bonchev–Trinajstić information content (AvgIpc) is 2.92. The van der Waals surface area contributed by atoms with Crippen LogP contribution in [-0.2, 0) is 4.79 Å². The lowest BCUT2D eigenvalue weighted by Crippen LogP contribution is -2.41. The van der Waals surface area contributed by atoms with Crippen LogP contribution in [0.25, 0.3) is 0 Å². The first-order valence-electron chi connectivity index (χ1n) is 7.43. The molecule has 1 aliphatic carbocycles. The van der Waals surface area contributed by atoms with Crippen molar-refractivity contribution in [2.75, 3.05) is 11.4 Å². The summed E-state index contributed by atoms with van der Waals surface area (Å²) >= 11 is 0. The number of nitrogens with two attached hydrogens (primary N) is 1. The van der Waals surface area contributed by atoms with Crippen LogP contribution in [0.15, 0.2) is 12.1 Å². The maximum Gasteiger partial charge on any atom is 0.236 e. The minimum absolute atomic E-state index is 0.0927. The number of halogens is 1.